The van der Waals surface area contributed by atoms with Gasteiger partial charge in [0.15, 0.2) is 0 Å². The van der Waals surface area contributed by atoms with E-state index in [0.29, 0.717) is 0 Å². The minimum atomic E-state index is -0.164. The number of nitrogens with zero attached hydrogens (tertiary/aromatic N) is 1. The van der Waals surface area contributed by atoms with Crippen molar-refractivity contribution >= 4 is 17.7 Å². The molecule has 0 radical (unpaired) electrons. The molecule has 0 bridgehead atoms. The van der Waals surface area contributed by atoms with Crippen LogP contribution in [0, 0.1) is 0 Å². The molecule has 1 heterocycles. The van der Waals surface area contributed by atoms with Gasteiger partial charge in [-0.1, -0.05) is 43.7 Å². The number of amides is 1. The maximum Gasteiger partial charge on any atom is 0.245 e. The molecule has 1 N–H and O–H groups in total. The minimum absolute atomic E-state index is 0.164. The summed E-state index contributed by atoms with van der Waals surface area (Å²) in [4.78, 5) is 14.8. The van der Waals surface area contributed by atoms with Gasteiger partial charge in [0.1, 0.15) is 6.04 Å². The predicted octanol–water partition coefficient (Wildman–Crippen LogP) is 3.43. The number of thioether (sulfide) groups is 1. The predicted molar refractivity (Wildman–Crippen MR) is 90.3 cm³/mol. The summed E-state index contributed by atoms with van der Waals surface area (Å²) in [6, 6.07) is 9.90. The Hall–Kier alpha value is -1.00. The summed E-state index contributed by atoms with van der Waals surface area (Å²) in [7, 11) is 0. The first-order chi connectivity index (χ1) is 10.3. The lowest BCUT2D eigenvalue weighted by Crippen LogP contribution is -2.37. The van der Waals surface area contributed by atoms with Gasteiger partial charge >= 0.3 is 0 Å². The molecule has 1 fully saturated rings. The second kappa shape index (κ2) is 8.44. The molecule has 0 aromatic heterocycles. The maximum absolute atomic E-state index is 12.7. The van der Waals surface area contributed by atoms with E-state index in [-0.39, 0.29) is 18.1 Å². The van der Waals surface area contributed by atoms with Gasteiger partial charge in [0.25, 0.3) is 0 Å². The normalized spacial score (nSPS) is 22.0. The van der Waals surface area contributed by atoms with Gasteiger partial charge in [0.2, 0.25) is 5.91 Å². The molecule has 1 saturated heterocycles. The van der Waals surface area contributed by atoms with Crippen LogP contribution in [0.3, 0.4) is 0 Å². The van der Waals surface area contributed by atoms with E-state index in [4.69, 9.17) is 0 Å². The number of benzene rings is 1. The quantitative estimate of drug-likeness (QED) is 0.747. The third kappa shape index (κ3) is 4.24. The van der Waals surface area contributed by atoms with Crippen molar-refractivity contribution in [3.05, 3.63) is 35.9 Å². The Balaban J connectivity index is 2.02. The van der Waals surface area contributed by atoms with Crippen LogP contribution in [-0.2, 0) is 4.79 Å². The fourth-order valence-electron chi connectivity index (χ4n) is 2.86. The third-order valence-electron chi connectivity index (χ3n) is 3.96. The van der Waals surface area contributed by atoms with E-state index in [1.807, 2.05) is 42.1 Å². The molecule has 2 unspecified atom stereocenters. The Kier molecular flexibility index (Phi) is 6.58. The number of nitrogens with one attached hydrogen (secondary N) is 1. The van der Waals surface area contributed by atoms with Gasteiger partial charge < -0.3 is 4.90 Å². The lowest BCUT2D eigenvalue weighted by atomic mass is 10.1. The smallest absolute Gasteiger partial charge is 0.245 e. The highest BCUT2D eigenvalue weighted by atomic mass is 32.2. The summed E-state index contributed by atoms with van der Waals surface area (Å²) < 4.78 is 0. The average molecular weight is 306 g/mol. The van der Waals surface area contributed by atoms with Crippen molar-refractivity contribution < 1.29 is 4.79 Å². The Labute approximate surface area is 132 Å². The summed E-state index contributed by atoms with van der Waals surface area (Å²) >= 11 is 1.87. The molecular formula is C17H26N2OS. The summed E-state index contributed by atoms with van der Waals surface area (Å²) in [6.45, 7) is 3.05. The highest BCUT2D eigenvalue weighted by Gasteiger charge is 2.38. The van der Waals surface area contributed by atoms with E-state index in [1.165, 1.54) is 12.2 Å². The number of unbranched alkanes of at least 4 members (excludes halogenated alkanes) is 1. The summed E-state index contributed by atoms with van der Waals surface area (Å²) in [5, 5.41) is 3.52. The topological polar surface area (TPSA) is 32.3 Å². The van der Waals surface area contributed by atoms with Crippen molar-refractivity contribution in [1.29, 1.82) is 0 Å². The van der Waals surface area contributed by atoms with Crippen LogP contribution < -0.4 is 5.32 Å². The van der Waals surface area contributed by atoms with Gasteiger partial charge in [0.05, 0.1) is 6.17 Å². The van der Waals surface area contributed by atoms with Crippen molar-refractivity contribution in [1.82, 2.24) is 10.2 Å². The summed E-state index contributed by atoms with van der Waals surface area (Å²) in [5.74, 6) is 1.42. The van der Waals surface area contributed by atoms with E-state index < -0.39 is 0 Å². The van der Waals surface area contributed by atoms with Crippen LogP contribution in [0.2, 0.25) is 0 Å². The van der Waals surface area contributed by atoms with Gasteiger partial charge in [-0.25, -0.2) is 0 Å². The first kappa shape index (κ1) is 16.4. The van der Waals surface area contributed by atoms with Crippen molar-refractivity contribution in [3.63, 3.8) is 0 Å². The zero-order chi connectivity index (χ0) is 15.1. The second-order valence-electron chi connectivity index (χ2n) is 5.55. The number of hydrogen-bond acceptors (Lipinski definition) is 3. The molecule has 0 aliphatic carbocycles. The van der Waals surface area contributed by atoms with Crippen molar-refractivity contribution in [2.24, 2.45) is 0 Å². The van der Waals surface area contributed by atoms with Crippen molar-refractivity contribution in [2.45, 2.75) is 44.8 Å². The van der Waals surface area contributed by atoms with Crippen LogP contribution >= 0.6 is 11.8 Å². The standard InChI is InChI=1S/C17H26N2OS/c1-3-9-15-18-16(14-10-5-4-6-11-14)17(20)19(15)12-7-8-13-21-2/h4-6,10-11,15-16,18H,3,7-9,12-13H2,1-2H3. The highest BCUT2D eigenvalue weighted by molar-refractivity contribution is 7.98. The molecule has 2 rings (SSSR count). The van der Waals surface area contributed by atoms with Gasteiger partial charge in [0, 0.05) is 6.54 Å². The second-order valence-corrected chi connectivity index (χ2v) is 6.53. The lowest BCUT2D eigenvalue weighted by molar-refractivity contribution is -0.130. The van der Waals surface area contributed by atoms with Crippen LogP contribution in [0.15, 0.2) is 30.3 Å². The lowest BCUT2D eigenvalue weighted by Gasteiger charge is -2.23. The minimum Gasteiger partial charge on any atom is -0.325 e. The first-order valence-electron chi connectivity index (χ1n) is 7.88. The van der Waals surface area contributed by atoms with E-state index >= 15 is 0 Å². The molecular weight excluding hydrogens is 280 g/mol. The van der Waals surface area contributed by atoms with Gasteiger partial charge in [-0.05, 0) is 36.8 Å². The van der Waals surface area contributed by atoms with E-state index in [1.54, 1.807) is 0 Å². The van der Waals surface area contributed by atoms with Crippen LogP contribution in [0.4, 0.5) is 0 Å². The van der Waals surface area contributed by atoms with Crippen LogP contribution in [0.1, 0.15) is 44.2 Å². The Bertz CT molecular complexity index is 438. The molecule has 1 amide bonds. The molecule has 1 aromatic rings. The highest BCUT2D eigenvalue weighted by Crippen LogP contribution is 2.26. The molecule has 0 spiro atoms. The Morgan fingerprint density at radius 1 is 1.24 bits per heavy atom. The molecule has 1 aromatic carbocycles. The Morgan fingerprint density at radius 2 is 2.00 bits per heavy atom. The molecule has 1 aliphatic heterocycles. The molecule has 0 saturated carbocycles. The number of hydrogen-bond donors (Lipinski definition) is 1. The molecule has 4 heteroatoms. The average Bonchev–Trinajstić information content (AvgIpc) is 2.82. The fourth-order valence-corrected chi connectivity index (χ4v) is 3.36. The van der Waals surface area contributed by atoms with E-state index in [9.17, 15) is 4.79 Å². The van der Waals surface area contributed by atoms with Crippen molar-refractivity contribution in [2.75, 3.05) is 18.6 Å². The molecule has 116 valence electrons. The van der Waals surface area contributed by atoms with Crippen LogP contribution in [0.25, 0.3) is 0 Å². The third-order valence-corrected chi connectivity index (χ3v) is 4.65. The number of carbonyl (C=O) groups is 1. The Morgan fingerprint density at radius 3 is 2.67 bits per heavy atom. The van der Waals surface area contributed by atoms with Crippen LogP contribution in [0.5, 0.6) is 0 Å². The van der Waals surface area contributed by atoms with Crippen LogP contribution in [-0.4, -0.2) is 35.5 Å². The molecule has 2 atom stereocenters. The maximum atomic E-state index is 12.7. The van der Waals surface area contributed by atoms with Gasteiger partial charge in [-0.3, -0.25) is 10.1 Å². The zero-order valence-electron chi connectivity index (χ0n) is 13.0. The van der Waals surface area contributed by atoms with Gasteiger partial charge in [-0.2, -0.15) is 11.8 Å². The first-order valence-corrected chi connectivity index (χ1v) is 9.27. The monoisotopic (exact) mass is 306 g/mol. The molecule has 1 aliphatic rings. The van der Waals surface area contributed by atoms with Crippen molar-refractivity contribution in [3.8, 4) is 0 Å². The van der Waals surface area contributed by atoms with Gasteiger partial charge in [-0.15, -0.1) is 0 Å². The van der Waals surface area contributed by atoms with E-state index in [0.717, 1.165) is 31.4 Å². The fraction of sp³-hybridized carbons (Fsp3) is 0.588. The zero-order valence-corrected chi connectivity index (χ0v) is 13.9. The number of carbonyl (C=O) groups excluding carboxylic acids is 1. The molecule has 3 nitrogen and oxygen atoms in total. The number of rotatable bonds is 8. The summed E-state index contributed by atoms with van der Waals surface area (Å²) in [5.41, 5.74) is 1.08. The largest absolute Gasteiger partial charge is 0.325 e. The van der Waals surface area contributed by atoms with E-state index in [2.05, 4.69) is 23.4 Å². The summed E-state index contributed by atoms with van der Waals surface area (Å²) in [6.07, 6.45) is 6.72. The SMILES string of the molecule is CCCC1NC(c2ccccc2)C(=O)N1CCCCSC. The molecule has 21 heavy (non-hydrogen) atoms.